The Kier molecular flexibility index (Phi) is 7.83. The summed E-state index contributed by atoms with van der Waals surface area (Å²) in [6.07, 6.45) is 0.736. The number of carbonyl (C=O) groups is 3. The van der Waals surface area contributed by atoms with E-state index in [1.807, 2.05) is 6.92 Å². The number of nitrogens with one attached hydrogen (secondary N) is 1. The number of esters is 2. The van der Waals surface area contributed by atoms with Crippen LogP contribution in [0.5, 0.6) is 5.75 Å². The van der Waals surface area contributed by atoms with Crippen molar-refractivity contribution in [1.29, 1.82) is 0 Å². The van der Waals surface area contributed by atoms with Gasteiger partial charge in [-0.05, 0) is 48.9 Å². The molecule has 0 fully saturated rings. The van der Waals surface area contributed by atoms with Gasteiger partial charge < -0.3 is 19.5 Å². The lowest BCUT2D eigenvalue weighted by Crippen LogP contribution is -2.21. The van der Waals surface area contributed by atoms with E-state index in [2.05, 4.69) is 5.32 Å². The highest BCUT2D eigenvalue weighted by molar-refractivity contribution is 6.31. The van der Waals surface area contributed by atoms with E-state index in [-0.39, 0.29) is 5.56 Å². The average Bonchev–Trinajstić information content (AvgIpc) is 2.70. The Morgan fingerprint density at radius 3 is 2.36 bits per heavy atom. The predicted octanol–water partition coefficient (Wildman–Crippen LogP) is 3.71. The Morgan fingerprint density at radius 1 is 1.00 bits per heavy atom. The monoisotopic (exact) mass is 405 g/mol. The predicted molar refractivity (Wildman–Crippen MR) is 104 cm³/mol. The first-order valence-corrected chi connectivity index (χ1v) is 8.90. The lowest BCUT2D eigenvalue weighted by atomic mass is 10.2. The topological polar surface area (TPSA) is 90.9 Å². The van der Waals surface area contributed by atoms with Crippen LogP contribution in [-0.4, -0.2) is 38.2 Å². The minimum absolute atomic E-state index is 0.123. The zero-order valence-corrected chi connectivity index (χ0v) is 16.2. The fraction of sp³-hybridized carbons (Fsp3) is 0.250. The quantitative estimate of drug-likeness (QED) is 0.673. The molecule has 2 aromatic carbocycles. The Morgan fingerprint density at radius 2 is 1.71 bits per heavy atom. The smallest absolute Gasteiger partial charge is 0.342 e. The van der Waals surface area contributed by atoms with Crippen LogP contribution in [0.15, 0.2) is 42.5 Å². The van der Waals surface area contributed by atoms with Crippen molar-refractivity contribution in [2.45, 2.75) is 13.3 Å². The molecule has 2 aromatic rings. The van der Waals surface area contributed by atoms with Crippen LogP contribution in [0.25, 0.3) is 0 Å². The molecule has 1 N–H and O–H groups in total. The minimum atomic E-state index is -0.733. The summed E-state index contributed by atoms with van der Waals surface area (Å²) in [5, 5.41) is 2.91. The number of halogens is 1. The lowest BCUT2D eigenvalue weighted by Gasteiger charge is -2.10. The van der Waals surface area contributed by atoms with Crippen molar-refractivity contribution in [2.75, 3.05) is 25.6 Å². The van der Waals surface area contributed by atoms with E-state index in [0.29, 0.717) is 28.6 Å². The van der Waals surface area contributed by atoms with Gasteiger partial charge in [-0.3, -0.25) is 4.79 Å². The van der Waals surface area contributed by atoms with Crippen LogP contribution in [0.1, 0.15) is 34.1 Å². The summed E-state index contributed by atoms with van der Waals surface area (Å²) in [6.45, 7) is 1.76. The summed E-state index contributed by atoms with van der Waals surface area (Å²) in [4.78, 5) is 35.9. The molecule has 0 saturated heterocycles. The maximum absolute atomic E-state index is 12.1. The lowest BCUT2D eigenvalue weighted by molar-refractivity contribution is -0.119. The molecule has 28 heavy (non-hydrogen) atoms. The van der Waals surface area contributed by atoms with Crippen molar-refractivity contribution in [1.82, 2.24) is 0 Å². The van der Waals surface area contributed by atoms with Crippen LogP contribution in [0.2, 0.25) is 5.02 Å². The Hall–Kier alpha value is -3.06. The van der Waals surface area contributed by atoms with Gasteiger partial charge in [0.05, 0.1) is 19.3 Å². The molecule has 0 atom stereocenters. The number of anilines is 1. The fourth-order valence-corrected chi connectivity index (χ4v) is 2.39. The van der Waals surface area contributed by atoms with Crippen molar-refractivity contribution in [3.05, 3.63) is 58.6 Å². The number of benzene rings is 2. The van der Waals surface area contributed by atoms with Crippen LogP contribution in [0.4, 0.5) is 5.69 Å². The van der Waals surface area contributed by atoms with E-state index in [9.17, 15) is 14.4 Å². The van der Waals surface area contributed by atoms with Gasteiger partial charge >= 0.3 is 11.9 Å². The van der Waals surface area contributed by atoms with Gasteiger partial charge in [0.25, 0.3) is 5.91 Å². The van der Waals surface area contributed by atoms with Gasteiger partial charge in [0.15, 0.2) is 6.61 Å². The first-order valence-electron chi connectivity index (χ1n) is 8.52. The van der Waals surface area contributed by atoms with Crippen LogP contribution in [-0.2, 0) is 14.3 Å². The number of rotatable bonds is 8. The van der Waals surface area contributed by atoms with Crippen molar-refractivity contribution < 1.29 is 28.6 Å². The summed E-state index contributed by atoms with van der Waals surface area (Å²) in [5.41, 5.74) is 0.956. The highest BCUT2D eigenvalue weighted by atomic mass is 35.5. The number of amides is 1. The van der Waals surface area contributed by atoms with Crippen molar-refractivity contribution in [2.24, 2.45) is 0 Å². The molecule has 0 unspecified atom stereocenters. The zero-order valence-electron chi connectivity index (χ0n) is 15.5. The number of hydrogen-bond acceptors (Lipinski definition) is 6. The third kappa shape index (κ3) is 5.99. The maximum atomic E-state index is 12.1. The van der Waals surface area contributed by atoms with Crippen LogP contribution in [0, 0.1) is 0 Å². The number of hydrogen-bond donors (Lipinski definition) is 1. The molecule has 0 heterocycles. The van der Waals surface area contributed by atoms with E-state index < -0.39 is 24.5 Å². The van der Waals surface area contributed by atoms with Crippen LogP contribution in [0.3, 0.4) is 0 Å². The third-order valence-corrected chi connectivity index (χ3v) is 3.79. The van der Waals surface area contributed by atoms with Gasteiger partial charge in [0.2, 0.25) is 0 Å². The average molecular weight is 406 g/mol. The third-order valence-electron chi connectivity index (χ3n) is 3.56. The summed E-state index contributed by atoms with van der Waals surface area (Å²) < 4.78 is 15.1. The number of ether oxygens (including phenoxy) is 3. The molecule has 0 bridgehead atoms. The van der Waals surface area contributed by atoms with E-state index in [0.717, 1.165) is 6.42 Å². The summed E-state index contributed by atoms with van der Waals surface area (Å²) in [5.74, 6) is -1.40. The van der Waals surface area contributed by atoms with Crippen molar-refractivity contribution in [3.8, 4) is 5.75 Å². The highest BCUT2D eigenvalue weighted by Gasteiger charge is 2.16. The number of carbonyl (C=O) groups excluding carboxylic acids is 3. The van der Waals surface area contributed by atoms with Crippen molar-refractivity contribution in [3.63, 3.8) is 0 Å². The zero-order chi connectivity index (χ0) is 20.5. The van der Waals surface area contributed by atoms with Gasteiger partial charge in [-0.25, -0.2) is 9.59 Å². The van der Waals surface area contributed by atoms with Crippen molar-refractivity contribution >= 4 is 35.1 Å². The SMILES string of the molecule is CCCOC(=O)c1ccc(NC(=O)COC(=O)c2cc(Cl)ccc2OC)cc1. The molecule has 0 radical (unpaired) electrons. The summed E-state index contributed by atoms with van der Waals surface area (Å²) in [7, 11) is 1.41. The Bertz CT molecular complexity index is 850. The van der Waals surface area contributed by atoms with E-state index in [1.165, 1.54) is 31.4 Å². The number of methoxy groups -OCH3 is 1. The maximum Gasteiger partial charge on any atom is 0.342 e. The van der Waals surface area contributed by atoms with Gasteiger partial charge in [-0.15, -0.1) is 0 Å². The Balaban J connectivity index is 1.89. The van der Waals surface area contributed by atoms with E-state index in [4.69, 9.17) is 25.8 Å². The van der Waals surface area contributed by atoms with Gasteiger partial charge in [-0.2, -0.15) is 0 Å². The molecule has 0 aromatic heterocycles. The first-order chi connectivity index (χ1) is 13.4. The van der Waals surface area contributed by atoms with Gasteiger partial charge in [-0.1, -0.05) is 18.5 Å². The van der Waals surface area contributed by atoms with Crippen LogP contribution >= 0.6 is 11.6 Å². The molecule has 148 valence electrons. The minimum Gasteiger partial charge on any atom is -0.496 e. The second-order valence-electron chi connectivity index (χ2n) is 5.68. The molecule has 0 aliphatic carbocycles. The van der Waals surface area contributed by atoms with Gasteiger partial charge in [0, 0.05) is 10.7 Å². The standard InChI is InChI=1S/C20H20ClNO6/c1-3-10-27-19(24)13-4-7-15(8-5-13)22-18(23)12-28-20(25)16-11-14(21)6-9-17(16)26-2/h4-9,11H,3,10,12H2,1-2H3,(H,22,23). The van der Waals surface area contributed by atoms with Crippen LogP contribution < -0.4 is 10.1 Å². The second-order valence-corrected chi connectivity index (χ2v) is 6.12. The summed E-state index contributed by atoms with van der Waals surface area (Å²) >= 11 is 5.88. The molecular weight excluding hydrogens is 386 g/mol. The molecule has 0 saturated carbocycles. The largest absolute Gasteiger partial charge is 0.496 e. The molecule has 0 aliphatic rings. The molecule has 7 nitrogen and oxygen atoms in total. The molecular formula is C20H20ClNO6. The molecule has 0 spiro atoms. The first kappa shape index (κ1) is 21.2. The van der Waals surface area contributed by atoms with E-state index >= 15 is 0 Å². The molecule has 8 heteroatoms. The highest BCUT2D eigenvalue weighted by Crippen LogP contribution is 2.23. The normalized spacial score (nSPS) is 10.1. The van der Waals surface area contributed by atoms with E-state index in [1.54, 1.807) is 18.2 Å². The molecule has 2 rings (SSSR count). The summed E-state index contributed by atoms with van der Waals surface area (Å²) in [6, 6.07) is 10.7. The Labute approximate surface area is 167 Å². The second kappa shape index (κ2) is 10.3. The molecule has 1 amide bonds. The van der Waals surface area contributed by atoms with Gasteiger partial charge in [0.1, 0.15) is 11.3 Å². The fourth-order valence-electron chi connectivity index (χ4n) is 2.21. The molecule has 0 aliphatic heterocycles.